The zero-order valence-corrected chi connectivity index (χ0v) is 11.4. The van der Waals surface area contributed by atoms with Crippen LogP contribution in [0.1, 0.15) is 59.3 Å². The van der Waals surface area contributed by atoms with Gasteiger partial charge in [-0.2, -0.15) is 0 Å². The molecule has 0 aromatic carbocycles. The van der Waals surface area contributed by atoms with Crippen molar-refractivity contribution < 1.29 is 0 Å². The fourth-order valence-electron chi connectivity index (χ4n) is 2.90. The molecule has 2 heteroatoms. The van der Waals surface area contributed by atoms with Crippen LogP contribution < -0.4 is 5.73 Å². The normalized spacial score (nSPS) is 23.2. The molecule has 0 spiro atoms. The van der Waals surface area contributed by atoms with Gasteiger partial charge < -0.3 is 10.6 Å². The van der Waals surface area contributed by atoms with Crippen LogP contribution in [-0.2, 0) is 0 Å². The lowest BCUT2D eigenvalue weighted by atomic mass is 9.89. The topological polar surface area (TPSA) is 29.3 Å². The third kappa shape index (κ3) is 4.06. The van der Waals surface area contributed by atoms with E-state index >= 15 is 0 Å². The van der Waals surface area contributed by atoms with Gasteiger partial charge in [0, 0.05) is 12.1 Å². The molecule has 0 aromatic rings. The third-order valence-corrected chi connectivity index (χ3v) is 4.20. The molecule has 1 fully saturated rings. The quantitative estimate of drug-likeness (QED) is 0.754. The monoisotopic (exact) mass is 226 g/mol. The van der Waals surface area contributed by atoms with Crippen molar-refractivity contribution in [3.63, 3.8) is 0 Å². The number of hydrogen-bond donors (Lipinski definition) is 1. The number of rotatable bonds is 6. The second kappa shape index (κ2) is 7.29. The molecule has 1 saturated heterocycles. The molecule has 0 aliphatic carbocycles. The molecule has 2 nitrogen and oxygen atoms in total. The van der Waals surface area contributed by atoms with Crippen molar-refractivity contribution in [2.45, 2.75) is 71.4 Å². The number of piperidine rings is 1. The van der Waals surface area contributed by atoms with E-state index in [9.17, 15) is 0 Å². The summed E-state index contributed by atoms with van der Waals surface area (Å²) in [6, 6.07) is 1.21. The third-order valence-electron chi connectivity index (χ3n) is 4.20. The van der Waals surface area contributed by atoms with E-state index in [0.29, 0.717) is 6.04 Å². The number of unbranched alkanes of at least 4 members (excludes halogenated alkanes) is 1. The summed E-state index contributed by atoms with van der Waals surface area (Å²) >= 11 is 0. The van der Waals surface area contributed by atoms with E-state index in [2.05, 4.69) is 25.7 Å². The van der Waals surface area contributed by atoms with Gasteiger partial charge in [0.05, 0.1) is 0 Å². The van der Waals surface area contributed by atoms with Gasteiger partial charge in [0.15, 0.2) is 0 Å². The minimum Gasteiger partial charge on any atom is -0.328 e. The number of nitrogens with zero attached hydrogens (tertiary/aromatic N) is 1. The van der Waals surface area contributed by atoms with Crippen molar-refractivity contribution in [1.29, 1.82) is 0 Å². The van der Waals surface area contributed by atoms with Crippen molar-refractivity contribution in [3.8, 4) is 0 Å². The fourth-order valence-corrected chi connectivity index (χ4v) is 2.90. The molecule has 0 aromatic heterocycles. The van der Waals surface area contributed by atoms with E-state index in [1.807, 2.05) is 0 Å². The van der Waals surface area contributed by atoms with E-state index in [1.165, 1.54) is 51.6 Å². The number of hydrogen-bond acceptors (Lipinski definition) is 2. The lowest BCUT2D eigenvalue weighted by Gasteiger charge is -2.38. The standard InChI is InChI=1S/C14H30N2/c1-4-6-7-14(5-2)16-10-8-13(9-11-16)12(3)15/h12-14H,4-11,15H2,1-3H3. The Kier molecular flexibility index (Phi) is 6.37. The Morgan fingerprint density at radius 1 is 1.25 bits per heavy atom. The van der Waals surface area contributed by atoms with Gasteiger partial charge in [0.2, 0.25) is 0 Å². The van der Waals surface area contributed by atoms with E-state index in [1.54, 1.807) is 0 Å². The zero-order chi connectivity index (χ0) is 12.0. The molecule has 16 heavy (non-hydrogen) atoms. The maximum Gasteiger partial charge on any atom is 0.00926 e. The van der Waals surface area contributed by atoms with E-state index in [-0.39, 0.29) is 0 Å². The smallest absolute Gasteiger partial charge is 0.00926 e. The van der Waals surface area contributed by atoms with Crippen molar-refractivity contribution >= 4 is 0 Å². The maximum absolute atomic E-state index is 5.98. The summed E-state index contributed by atoms with van der Waals surface area (Å²) in [6.07, 6.45) is 8.01. The van der Waals surface area contributed by atoms with Crippen LogP contribution >= 0.6 is 0 Å². The summed E-state index contributed by atoms with van der Waals surface area (Å²) in [6.45, 7) is 9.32. The molecule has 2 atom stereocenters. The maximum atomic E-state index is 5.98. The molecule has 0 bridgehead atoms. The van der Waals surface area contributed by atoms with Gasteiger partial charge >= 0.3 is 0 Å². The van der Waals surface area contributed by atoms with Gasteiger partial charge in [-0.15, -0.1) is 0 Å². The van der Waals surface area contributed by atoms with Gasteiger partial charge in [0.1, 0.15) is 0 Å². The Hall–Kier alpha value is -0.0800. The van der Waals surface area contributed by atoms with Gasteiger partial charge in [0.25, 0.3) is 0 Å². The summed E-state index contributed by atoms with van der Waals surface area (Å²) in [5, 5.41) is 0. The van der Waals surface area contributed by atoms with Crippen LogP contribution in [-0.4, -0.2) is 30.1 Å². The molecule has 0 amide bonds. The van der Waals surface area contributed by atoms with E-state index in [0.717, 1.165) is 12.0 Å². The first-order valence-electron chi connectivity index (χ1n) is 7.18. The Balaban J connectivity index is 2.32. The van der Waals surface area contributed by atoms with Crippen LogP contribution in [0, 0.1) is 5.92 Å². The van der Waals surface area contributed by atoms with Crippen molar-refractivity contribution in [2.24, 2.45) is 11.7 Å². The highest BCUT2D eigenvalue weighted by Crippen LogP contribution is 2.23. The summed E-state index contributed by atoms with van der Waals surface area (Å²) in [5.74, 6) is 0.764. The SMILES string of the molecule is CCCCC(CC)N1CCC(C(C)N)CC1. The molecule has 2 N–H and O–H groups in total. The molecule has 1 rings (SSSR count). The average molecular weight is 226 g/mol. The molecule has 0 radical (unpaired) electrons. The predicted molar refractivity (Wildman–Crippen MR) is 71.6 cm³/mol. The molecule has 0 saturated carbocycles. The number of likely N-dealkylation sites (tertiary alicyclic amines) is 1. The van der Waals surface area contributed by atoms with Gasteiger partial charge in [-0.05, 0) is 51.6 Å². The molecule has 1 heterocycles. The zero-order valence-electron chi connectivity index (χ0n) is 11.4. The summed E-state index contributed by atoms with van der Waals surface area (Å²) in [5.41, 5.74) is 5.98. The Morgan fingerprint density at radius 3 is 2.31 bits per heavy atom. The largest absolute Gasteiger partial charge is 0.328 e. The molecule has 96 valence electrons. The number of nitrogens with two attached hydrogens (primary N) is 1. The van der Waals surface area contributed by atoms with Gasteiger partial charge in [-0.1, -0.05) is 26.7 Å². The highest BCUT2D eigenvalue weighted by Gasteiger charge is 2.25. The lowest BCUT2D eigenvalue weighted by molar-refractivity contribution is 0.114. The molecule has 1 aliphatic heterocycles. The fraction of sp³-hybridized carbons (Fsp3) is 1.00. The van der Waals surface area contributed by atoms with Crippen molar-refractivity contribution in [1.82, 2.24) is 4.90 Å². The summed E-state index contributed by atoms with van der Waals surface area (Å²) < 4.78 is 0. The summed E-state index contributed by atoms with van der Waals surface area (Å²) in [4.78, 5) is 2.70. The van der Waals surface area contributed by atoms with Crippen LogP contribution in [0.2, 0.25) is 0 Å². The molecule has 1 aliphatic rings. The van der Waals surface area contributed by atoms with E-state index < -0.39 is 0 Å². The highest BCUT2D eigenvalue weighted by atomic mass is 15.2. The van der Waals surface area contributed by atoms with Crippen molar-refractivity contribution in [2.75, 3.05) is 13.1 Å². The Morgan fingerprint density at radius 2 is 1.88 bits per heavy atom. The van der Waals surface area contributed by atoms with Crippen LogP contribution in [0.5, 0.6) is 0 Å². The van der Waals surface area contributed by atoms with E-state index in [4.69, 9.17) is 5.73 Å². The lowest BCUT2D eigenvalue weighted by Crippen LogP contribution is -2.44. The first-order valence-corrected chi connectivity index (χ1v) is 7.18. The van der Waals surface area contributed by atoms with Crippen LogP contribution in [0.25, 0.3) is 0 Å². The first kappa shape index (κ1) is 14.0. The van der Waals surface area contributed by atoms with Crippen molar-refractivity contribution in [3.05, 3.63) is 0 Å². The molecular formula is C14H30N2. The second-order valence-corrected chi connectivity index (χ2v) is 5.44. The van der Waals surface area contributed by atoms with Crippen LogP contribution in [0.15, 0.2) is 0 Å². The minimum atomic E-state index is 0.387. The van der Waals surface area contributed by atoms with Gasteiger partial charge in [-0.25, -0.2) is 0 Å². The Labute approximate surface area is 102 Å². The minimum absolute atomic E-state index is 0.387. The second-order valence-electron chi connectivity index (χ2n) is 5.44. The molecule has 2 unspecified atom stereocenters. The predicted octanol–water partition coefficient (Wildman–Crippen LogP) is 3.01. The first-order chi connectivity index (χ1) is 7.69. The molecular weight excluding hydrogens is 196 g/mol. The van der Waals surface area contributed by atoms with Crippen LogP contribution in [0.3, 0.4) is 0 Å². The van der Waals surface area contributed by atoms with Crippen LogP contribution in [0.4, 0.5) is 0 Å². The summed E-state index contributed by atoms with van der Waals surface area (Å²) in [7, 11) is 0. The van der Waals surface area contributed by atoms with Gasteiger partial charge in [-0.3, -0.25) is 0 Å². The average Bonchev–Trinajstić information content (AvgIpc) is 2.30. The highest BCUT2D eigenvalue weighted by molar-refractivity contribution is 4.81. The Bertz CT molecular complexity index is 172.